The van der Waals surface area contributed by atoms with Crippen molar-refractivity contribution in [2.24, 2.45) is 0 Å². The van der Waals surface area contributed by atoms with Crippen LogP contribution in [0.3, 0.4) is 0 Å². The molecule has 0 spiro atoms. The summed E-state index contributed by atoms with van der Waals surface area (Å²) in [6.07, 6.45) is 1.44. The van der Waals surface area contributed by atoms with Crippen LogP contribution >= 0.6 is 12.2 Å². The molecule has 2 aromatic rings. The van der Waals surface area contributed by atoms with Crippen LogP contribution in [0.2, 0.25) is 0 Å². The average molecular weight is 456 g/mol. The Labute approximate surface area is 190 Å². The van der Waals surface area contributed by atoms with E-state index in [1.54, 1.807) is 42.2 Å². The number of hydrogen-bond acceptors (Lipinski definition) is 5. The molecule has 9 heteroatoms. The Morgan fingerprint density at radius 1 is 1.19 bits per heavy atom. The van der Waals surface area contributed by atoms with E-state index in [9.17, 15) is 18.8 Å². The number of esters is 1. The molecule has 2 amide bonds. The summed E-state index contributed by atoms with van der Waals surface area (Å²) >= 11 is 5.45. The van der Waals surface area contributed by atoms with Gasteiger partial charge in [0.05, 0.1) is 24.3 Å². The van der Waals surface area contributed by atoms with Crippen LogP contribution < -0.4 is 10.2 Å². The molecule has 1 N–H and O–H groups in total. The Hall–Kier alpha value is -3.59. The first-order valence-electron chi connectivity index (χ1n) is 9.93. The highest BCUT2D eigenvalue weighted by atomic mass is 32.1. The quantitative estimate of drug-likeness (QED) is 0.373. The zero-order valence-electron chi connectivity index (χ0n) is 17.4. The monoisotopic (exact) mass is 455 g/mol. The van der Waals surface area contributed by atoms with Gasteiger partial charge in [-0.25, -0.2) is 9.18 Å². The van der Waals surface area contributed by atoms with Crippen LogP contribution in [-0.4, -0.2) is 47.0 Å². The Morgan fingerprint density at radius 3 is 2.44 bits per heavy atom. The normalized spacial score (nSPS) is 15.6. The number of halogens is 1. The van der Waals surface area contributed by atoms with Crippen molar-refractivity contribution >= 4 is 46.5 Å². The highest BCUT2D eigenvalue weighted by Crippen LogP contribution is 2.27. The van der Waals surface area contributed by atoms with Gasteiger partial charge in [0.2, 0.25) is 5.91 Å². The highest BCUT2D eigenvalue weighted by molar-refractivity contribution is 7.80. The summed E-state index contributed by atoms with van der Waals surface area (Å²) in [5.41, 5.74) is 1.27. The van der Waals surface area contributed by atoms with E-state index in [0.717, 1.165) is 0 Å². The van der Waals surface area contributed by atoms with Crippen LogP contribution in [0.4, 0.5) is 15.8 Å². The summed E-state index contributed by atoms with van der Waals surface area (Å²) < 4.78 is 18.2. The zero-order valence-corrected chi connectivity index (χ0v) is 18.2. The van der Waals surface area contributed by atoms with Gasteiger partial charge in [0.25, 0.3) is 5.91 Å². The second kappa shape index (κ2) is 10.1. The van der Waals surface area contributed by atoms with Gasteiger partial charge in [-0.2, -0.15) is 0 Å². The summed E-state index contributed by atoms with van der Waals surface area (Å²) in [5.74, 6) is -1.66. The van der Waals surface area contributed by atoms with Crippen molar-refractivity contribution in [3.8, 4) is 0 Å². The molecule has 0 aromatic heterocycles. The predicted octanol–water partition coefficient (Wildman–Crippen LogP) is 3.52. The lowest BCUT2D eigenvalue weighted by Crippen LogP contribution is -2.37. The molecule has 32 heavy (non-hydrogen) atoms. The average Bonchev–Trinajstić information content (AvgIpc) is 2.99. The fraction of sp³-hybridized carbons (Fsp3) is 0.217. The van der Waals surface area contributed by atoms with Gasteiger partial charge in [0.15, 0.2) is 5.11 Å². The molecule has 1 heterocycles. The van der Waals surface area contributed by atoms with Crippen molar-refractivity contribution in [2.75, 3.05) is 23.4 Å². The lowest BCUT2D eigenvalue weighted by Gasteiger charge is -2.22. The number of thiocarbonyl (C=S) groups is 1. The number of anilines is 2. The van der Waals surface area contributed by atoms with Crippen molar-refractivity contribution in [3.05, 3.63) is 72.6 Å². The molecule has 3 rings (SSSR count). The van der Waals surface area contributed by atoms with Crippen LogP contribution in [0.15, 0.2) is 61.2 Å². The lowest BCUT2D eigenvalue weighted by atomic mass is 10.1. The zero-order chi connectivity index (χ0) is 23.3. The van der Waals surface area contributed by atoms with E-state index in [4.69, 9.17) is 17.0 Å². The van der Waals surface area contributed by atoms with E-state index in [-0.39, 0.29) is 30.6 Å². The van der Waals surface area contributed by atoms with E-state index < -0.39 is 23.7 Å². The van der Waals surface area contributed by atoms with Crippen LogP contribution in [0, 0.1) is 5.82 Å². The molecule has 1 aliphatic rings. The Bertz CT molecular complexity index is 1040. The second-order valence-electron chi connectivity index (χ2n) is 6.94. The summed E-state index contributed by atoms with van der Waals surface area (Å²) in [6.45, 7) is 5.95. The van der Waals surface area contributed by atoms with Crippen molar-refractivity contribution in [3.63, 3.8) is 0 Å². The number of amides is 2. The van der Waals surface area contributed by atoms with Gasteiger partial charge >= 0.3 is 5.97 Å². The second-order valence-corrected chi connectivity index (χ2v) is 7.30. The number of nitrogens with one attached hydrogen (secondary N) is 1. The Kier molecular flexibility index (Phi) is 7.32. The first kappa shape index (κ1) is 23.1. The Balaban J connectivity index is 1.72. The van der Waals surface area contributed by atoms with Gasteiger partial charge in [0, 0.05) is 12.2 Å². The topological polar surface area (TPSA) is 79.0 Å². The molecule has 1 atom stereocenters. The van der Waals surface area contributed by atoms with E-state index >= 15 is 0 Å². The number of benzene rings is 2. The van der Waals surface area contributed by atoms with Gasteiger partial charge in [-0.05, 0) is 67.7 Å². The number of rotatable bonds is 8. The lowest BCUT2D eigenvalue weighted by molar-refractivity contribution is -0.124. The molecule has 2 aromatic carbocycles. The molecule has 7 nitrogen and oxygen atoms in total. The van der Waals surface area contributed by atoms with Crippen molar-refractivity contribution in [1.82, 2.24) is 4.90 Å². The van der Waals surface area contributed by atoms with Crippen LogP contribution in [0.1, 0.15) is 23.7 Å². The summed E-state index contributed by atoms with van der Waals surface area (Å²) in [7, 11) is 0. The van der Waals surface area contributed by atoms with E-state index in [0.29, 0.717) is 16.9 Å². The minimum atomic E-state index is -0.829. The highest BCUT2D eigenvalue weighted by Gasteiger charge is 2.43. The van der Waals surface area contributed by atoms with Gasteiger partial charge in [-0.1, -0.05) is 6.08 Å². The van der Waals surface area contributed by atoms with Crippen molar-refractivity contribution in [2.45, 2.75) is 19.4 Å². The molecule has 0 unspecified atom stereocenters. The van der Waals surface area contributed by atoms with Crippen LogP contribution in [0.25, 0.3) is 0 Å². The molecule has 0 saturated carbocycles. The SMILES string of the molecule is C=CCN1C(=S)N(c2ccc(F)cc2)C(=O)[C@@H]1CC(=O)Nc1ccc(C(=O)OCC)cc1. The molecule has 1 fully saturated rings. The molecule has 166 valence electrons. The van der Waals surface area contributed by atoms with Crippen molar-refractivity contribution < 1.29 is 23.5 Å². The third kappa shape index (κ3) is 5.00. The number of carbonyl (C=O) groups is 3. The fourth-order valence-corrected chi connectivity index (χ4v) is 3.70. The van der Waals surface area contributed by atoms with Gasteiger partial charge in [-0.3, -0.25) is 14.5 Å². The van der Waals surface area contributed by atoms with E-state index in [1.807, 2.05) is 0 Å². The summed E-state index contributed by atoms with van der Waals surface area (Å²) in [6, 6.07) is 10.8. The minimum Gasteiger partial charge on any atom is -0.462 e. The minimum absolute atomic E-state index is 0.149. The van der Waals surface area contributed by atoms with Gasteiger partial charge in [-0.15, -0.1) is 6.58 Å². The maximum absolute atomic E-state index is 13.3. The van der Waals surface area contributed by atoms with Gasteiger partial charge < -0.3 is 15.0 Å². The molecule has 1 saturated heterocycles. The molecular weight excluding hydrogens is 433 g/mol. The van der Waals surface area contributed by atoms with E-state index in [1.165, 1.54) is 29.2 Å². The smallest absolute Gasteiger partial charge is 0.338 e. The largest absolute Gasteiger partial charge is 0.462 e. The summed E-state index contributed by atoms with van der Waals surface area (Å²) in [5, 5.41) is 2.94. The van der Waals surface area contributed by atoms with E-state index in [2.05, 4.69) is 11.9 Å². The van der Waals surface area contributed by atoms with Gasteiger partial charge in [0.1, 0.15) is 11.9 Å². The molecular formula is C23H22FN3O4S. The number of ether oxygens (including phenoxy) is 1. The molecule has 0 bridgehead atoms. The summed E-state index contributed by atoms with van der Waals surface area (Å²) in [4.78, 5) is 40.4. The maximum Gasteiger partial charge on any atom is 0.338 e. The number of hydrogen-bond donors (Lipinski definition) is 1. The molecule has 1 aliphatic heterocycles. The molecule has 0 aliphatic carbocycles. The fourth-order valence-electron chi connectivity index (χ4n) is 3.30. The number of carbonyl (C=O) groups excluding carboxylic acids is 3. The maximum atomic E-state index is 13.3. The van der Waals surface area contributed by atoms with Crippen LogP contribution in [-0.2, 0) is 14.3 Å². The third-order valence-electron chi connectivity index (χ3n) is 4.79. The van der Waals surface area contributed by atoms with Crippen molar-refractivity contribution in [1.29, 1.82) is 0 Å². The van der Waals surface area contributed by atoms with Crippen LogP contribution in [0.5, 0.6) is 0 Å². The standard InChI is InChI=1S/C23H22FN3O4S/c1-3-13-26-19(21(29)27(23(26)32)18-11-7-16(24)8-12-18)14-20(28)25-17-9-5-15(6-10-17)22(30)31-4-2/h3,5-12,19H,1,4,13-14H2,2H3,(H,25,28)/t19-/m0/s1. The Morgan fingerprint density at radius 2 is 1.84 bits per heavy atom. The third-order valence-corrected chi connectivity index (χ3v) is 5.20. The molecule has 0 radical (unpaired) electrons. The first-order chi connectivity index (χ1) is 15.3. The number of nitrogens with zero attached hydrogens (tertiary/aromatic N) is 2. The first-order valence-corrected chi connectivity index (χ1v) is 10.3. The predicted molar refractivity (Wildman–Crippen MR) is 123 cm³/mol.